The summed E-state index contributed by atoms with van der Waals surface area (Å²) in [4.78, 5) is 12.3. The molecule has 6 nitrogen and oxygen atoms in total. The molecule has 0 radical (unpaired) electrons. The molecule has 0 bridgehead atoms. The van der Waals surface area contributed by atoms with E-state index >= 15 is 0 Å². The molecule has 32 heavy (non-hydrogen) atoms. The number of hydrogen-bond acceptors (Lipinski definition) is 5. The molecule has 1 heterocycles. The van der Waals surface area contributed by atoms with Crippen molar-refractivity contribution in [1.82, 2.24) is 4.57 Å². The van der Waals surface area contributed by atoms with E-state index in [2.05, 4.69) is 0 Å². The highest BCUT2D eigenvalue weighted by Gasteiger charge is 2.21. The van der Waals surface area contributed by atoms with Gasteiger partial charge in [0.25, 0.3) is 0 Å². The first kappa shape index (κ1) is 20.8. The summed E-state index contributed by atoms with van der Waals surface area (Å²) in [6.07, 6.45) is 1.54. The molecule has 0 saturated heterocycles. The maximum atomic E-state index is 12.3. The number of nitriles is 1. The van der Waals surface area contributed by atoms with Gasteiger partial charge in [-0.3, -0.25) is 0 Å². The SMILES string of the molecule is COC(=O)c1c(N)c(C#N)cn1-c1cccc(-c2cccc(OCc3ccccc3)c2)c1. The van der Waals surface area contributed by atoms with Crippen LogP contribution in [0.4, 0.5) is 5.69 Å². The van der Waals surface area contributed by atoms with E-state index in [1.54, 1.807) is 10.8 Å². The largest absolute Gasteiger partial charge is 0.489 e. The van der Waals surface area contributed by atoms with Gasteiger partial charge in [0, 0.05) is 11.9 Å². The minimum atomic E-state index is -0.606. The van der Waals surface area contributed by atoms with E-state index in [9.17, 15) is 10.1 Å². The highest BCUT2D eigenvalue weighted by molar-refractivity contribution is 5.96. The number of nitrogen functional groups attached to an aromatic ring is 1. The molecular formula is C26H21N3O3. The Bertz CT molecular complexity index is 1300. The Morgan fingerprint density at radius 1 is 1.00 bits per heavy atom. The fraction of sp³-hybridized carbons (Fsp3) is 0.0769. The van der Waals surface area contributed by atoms with Crippen LogP contribution in [-0.4, -0.2) is 17.6 Å². The minimum absolute atomic E-state index is 0.0982. The van der Waals surface area contributed by atoms with Crippen molar-refractivity contribution in [3.8, 4) is 28.6 Å². The molecule has 0 unspecified atom stereocenters. The van der Waals surface area contributed by atoms with Gasteiger partial charge in [-0.1, -0.05) is 54.6 Å². The van der Waals surface area contributed by atoms with Crippen molar-refractivity contribution < 1.29 is 14.3 Å². The first-order valence-corrected chi connectivity index (χ1v) is 9.97. The molecule has 158 valence electrons. The molecule has 4 rings (SSSR count). The van der Waals surface area contributed by atoms with Crippen LogP contribution >= 0.6 is 0 Å². The fourth-order valence-electron chi connectivity index (χ4n) is 3.46. The van der Waals surface area contributed by atoms with Gasteiger partial charge < -0.3 is 19.8 Å². The zero-order valence-corrected chi connectivity index (χ0v) is 17.5. The Labute approximate surface area is 186 Å². The van der Waals surface area contributed by atoms with Gasteiger partial charge in [-0.15, -0.1) is 0 Å². The predicted octanol–water partition coefficient (Wildman–Crippen LogP) is 4.96. The quantitative estimate of drug-likeness (QED) is 0.443. The van der Waals surface area contributed by atoms with Crippen LogP contribution in [0, 0.1) is 11.3 Å². The third kappa shape index (κ3) is 4.18. The van der Waals surface area contributed by atoms with Crippen molar-refractivity contribution in [2.75, 3.05) is 12.8 Å². The number of aromatic nitrogens is 1. The van der Waals surface area contributed by atoms with E-state index in [1.807, 2.05) is 84.9 Å². The van der Waals surface area contributed by atoms with Gasteiger partial charge >= 0.3 is 5.97 Å². The van der Waals surface area contributed by atoms with E-state index < -0.39 is 5.97 Å². The van der Waals surface area contributed by atoms with Crippen LogP contribution in [0.3, 0.4) is 0 Å². The molecule has 0 aliphatic rings. The Balaban J connectivity index is 1.66. The van der Waals surface area contributed by atoms with Crippen LogP contribution in [0.2, 0.25) is 0 Å². The second-order valence-electron chi connectivity index (χ2n) is 7.13. The third-order valence-electron chi connectivity index (χ3n) is 5.08. The monoisotopic (exact) mass is 423 g/mol. The summed E-state index contributed by atoms with van der Waals surface area (Å²) in [6.45, 7) is 0.479. The first-order valence-electron chi connectivity index (χ1n) is 9.97. The maximum absolute atomic E-state index is 12.3. The summed E-state index contributed by atoms with van der Waals surface area (Å²) in [5.41, 5.74) is 10.1. The van der Waals surface area contributed by atoms with E-state index in [4.69, 9.17) is 15.2 Å². The Morgan fingerprint density at radius 2 is 1.72 bits per heavy atom. The van der Waals surface area contributed by atoms with Crippen LogP contribution < -0.4 is 10.5 Å². The van der Waals surface area contributed by atoms with Crippen molar-refractivity contribution in [2.24, 2.45) is 0 Å². The number of carbonyl (C=O) groups is 1. The molecule has 0 saturated carbocycles. The van der Waals surface area contributed by atoms with Crippen molar-refractivity contribution >= 4 is 11.7 Å². The number of benzene rings is 3. The van der Waals surface area contributed by atoms with Gasteiger partial charge in [0.05, 0.1) is 18.4 Å². The molecule has 0 aliphatic heterocycles. The third-order valence-corrected chi connectivity index (χ3v) is 5.08. The average Bonchev–Trinajstić information content (AvgIpc) is 3.19. The zero-order chi connectivity index (χ0) is 22.5. The number of ether oxygens (including phenoxy) is 2. The van der Waals surface area contributed by atoms with Crippen molar-refractivity contribution in [1.29, 1.82) is 5.26 Å². The van der Waals surface area contributed by atoms with Crippen LogP contribution in [0.1, 0.15) is 21.6 Å². The number of methoxy groups -OCH3 is 1. The second kappa shape index (κ2) is 9.11. The highest BCUT2D eigenvalue weighted by Crippen LogP contribution is 2.29. The lowest BCUT2D eigenvalue weighted by Crippen LogP contribution is -2.11. The topological polar surface area (TPSA) is 90.3 Å². The Kier molecular flexibility index (Phi) is 5.91. The fourth-order valence-corrected chi connectivity index (χ4v) is 3.46. The van der Waals surface area contributed by atoms with Gasteiger partial charge in [0.15, 0.2) is 5.69 Å². The van der Waals surface area contributed by atoms with Crippen LogP contribution in [0.15, 0.2) is 85.1 Å². The molecular weight excluding hydrogens is 402 g/mol. The molecule has 1 aromatic heterocycles. The van der Waals surface area contributed by atoms with Crippen LogP contribution in [-0.2, 0) is 11.3 Å². The van der Waals surface area contributed by atoms with Gasteiger partial charge in [-0.25, -0.2) is 4.79 Å². The smallest absolute Gasteiger partial charge is 0.357 e. The average molecular weight is 423 g/mol. The molecule has 0 amide bonds. The molecule has 2 N–H and O–H groups in total. The number of esters is 1. The number of hydrogen-bond donors (Lipinski definition) is 1. The van der Waals surface area contributed by atoms with Crippen molar-refractivity contribution in [3.63, 3.8) is 0 Å². The van der Waals surface area contributed by atoms with E-state index in [0.29, 0.717) is 12.3 Å². The highest BCUT2D eigenvalue weighted by atomic mass is 16.5. The molecule has 4 aromatic rings. The van der Waals surface area contributed by atoms with Crippen LogP contribution in [0.25, 0.3) is 16.8 Å². The summed E-state index contributed by atoms with van der Waals surface area (Å²) in [5, 5.41) is 9.34. The maximum Gasteiger partial charge on any atom is 0.357 e. The number of rotatable bonds is 6. The molecule has 0 fully saturated rings. The summed E-state index contributed by atoms with van der Waals surface area (Å²) >= 11 is 0. The lowest BCUT2D eigenvalue weighted by Gasteiger charge is -2.12. The van der Waals surface area contributed by atoms with Gasteiger partial charge in [-0.2, -0.15) is 5.26 Å². The van der Waals surface area contributed by atoms with Gasteiger partial charge in [-0.05, 0) is 41.0 Å². The van der Waals surface area contributed by atoms with Crippen molar-refractivity contribution in [3.05, 3.63) is 102 Å². The lowest BCUT2D eigenvalue weighted by molar-refractivity contribution is 0.0593. The number of nitrogens with zero attached hydrogens (tertiary/aromatic N) is 2. The standard InChI is InChI=1S/C26H21N3O3/c1-31-26(30)25-24(28)21(15-27)16-29(25)22-11-5-9-19(13-22)20-10-6-12-23(14-20)32-17-18-7-3-2-4-8-18/h2-14,16H,17,28H2,1H3. The lowest BCUT2D eigenvalue weighted by atomic mass is 10.0. The minimum Gasteiger partial charge on any atom is -0.489 e. The summed E-state index contributed by atoms with van der Waals surface area (Å²) < 4.78 is 12.4. The van der Waals surface area contributed by atoms with Crippen LogP contribution in [0.5, 0.6) is 5.75 Å². The normalized spacial score (nSPS) is 10.4. The molecule has 0 aliphatic carbocycles. The molecule has 6 heteroatoms. The predicted molar refractivity (Wildman–Crippen MR) is 122 cm³/mol. The number of anilines is 1. The van der Waals surface area contributed by atoms with E-state index in [1.165, 1.54) is 7.11 Å². The zero-order valence-electron chi connectivity index (χ0n) is 17.5. The number of carbonyl (C=O) groups excluding carboxylic acids is 1. The molecule has 3 aromatic carbocycles. The summed E-state index contributed by atoms with van der Waals surface area (Å²) in [5.74, 6) is 0.148. The summed E-state index contributed by atoms with van der Waals surface area (Å²) in [6, 6.07) is 27.4. The molecule has 0 atom stereocenters. The number of nitrogens with two attached hydrogens (primary N) is 1. The second-order valence-corrected chi connectivity index (χ2v) is 7.13. The van der Waals surface area contributed by atoms with Gasteiger partial charge in [0.2, 0.25) is 0 Å². The summed E-state index contributed by atoms with van der Waals surface area (Å²) in [7, 11) is 1.28. The first-order chi connectivity index (χ1) is 15.6. The van der Waals surface area contributed by atoms with E-state index in [-0.39, 0.29) is 16.9 Å². The van der Waals surface area contributed by atoms with Crippen molar-refractivity contribution in [2.45, 2.75) is 6.61 Å². The molecule has 0 spiro atoms. The van der Waals surface area contributed by atoms with E-state index in [0.717, 1.165) is 22.4 Å². The van der Waals surface area contributed by atoms with Gasteiger partial charge in [0.1, 0.15) is 18.4 Å². The Hall–Kier alpha value is -4.50. The Morgan fingerprint density at radius 3 is 2.44 bits per heavy atom.